The number of nitrogens with one attached hydrogen (secondary N) is 2. The van der Waals surface area contributed by atoms with Gasteiger partial charge < -0.3 is 15.4 Å². The average Bonchev–Trinajstić information content (AvgIpc) is 2.54. The summed E-state index contributed by atoms with van der Waals surface area (Å²) in [6, 6.07) is 7.46. The van der Waals surface area contributed by atoms with E-state index in [0.717, 1.165) is 23.4 Å². The topological polar surface area (TPSA) is 80.3 Å². The van der Waals surface area contributed by atoms with Crippen LogP contribution in [0.15, 0.2) is 36.4 Å². The first-order valence-electron chi connectivity index (χ1n) is 8.42. The zero-order valence-corrected chi connectivity index (χ0v) is 15.6. The van der Waals surface area contributed by atoms with Gasteiger partial charge in [-0.05, 0) is 62.7 Å². The lowest BCUT2D eigenvalue weighted by molar-refractivity contribution is -0.274. The number of carbonyl (C=O) groups is 2. The Morgan fingerprint density at radius 1 is 1.18 bits per heavy atom. The largest absolute Gasteiger partial charge is 0.573 e. The minimum Gasteiger partial charge on any atom is -0.406 e. The molecule has 1 aromatic carbocycles. The molecule has 2 amide bonds. The second-order valence-electron chi connectivity index (χ2n) is 6.30. The lowest BCUT2D eigenvalue weighted by Gasteiger charge is -2.17. The second-order valence-corrected chi connectivity index (χ2v) is 6.30. The van der Waals surface area contributed by atoms with E-state index in [9.17, 15) is 22.8 Å². The van der Waals surface area contributed by atoms with Gasteiger partial charge in [0, 0.05) is 23.5 Å². The van der Waals surface area contributed by atoms with Gasteiger partial charge in [-0.2, -0.15) is 0 Å². The molecule has 0 bridgehead atoms. The molecule has 0 radical (unpaired) electrons. The standard InChI is InChI=1S/C19H20F3N3O3/c1-11-8-14(10-16(23-11)9-12(2)26)13(3)24-18(27)25-15-4-6-17(7-5-15)28-19(20,21)22/h4-8,10,13H,9H2,1-3H3,(H2,24,25,27). The van der Waals surface area contributed by atoms with Crippen molar-refractivity contribution in [3.05, 3.63) is 53.3 Å². The minimum atomic E-state index is -4.77. The van der Waals surface area contributed by atoms with E-state index in [1.54, 1.807) is 26.0 Å². The number of aryl methyl sites for hydroxylation is 1. The van der Waals surface area contributed by atoms with Crippen LogP contribution >= 0.6 is 0 Å². The molecule has 1 aromatic heterocycles. The maximum Gasteiger partial charge on any atom is 0.573 e. The van der Waals surface area contributed by atoms with Gasteiger partial charge in [-0.3, -0.25) is 9.78 Å². The number of alkyl halides is 3. The molecule has 2 N–H and O–H groups in total. The molecular weight excluding hydrogens is 375 g/mol. The number of rotatable bonds is 6. The van der Waals surface area contributed by atoms with Gasteiger partial charge in [0.05, 0.1) is 6.04 Å². The summed E-state index contributed by atoms with van der Waals surface area (Å²) in [6.45, 7) is 5.04. The molecule has 0 saturated carbocycles. The quantitative estimate of drug-likeness (QED) is 0.764. The molecule has 0 fully saturated rings. The van der Waals surface area contributed by atoms with Crippen LogP contribution in [0.1, 0.15) is 36.8 Å². The van der Waals surface area contributed by atoms with E-state index in [1.807, 2.05) is 0 Å². The third-order valence-corrected chi connectivity index (χ3v) is 3.65. The van der Waals surface area contributed by atoms with Crippen LogP contribution in [-0.4, -0.2) is 23.2 Å². The van der Waals surface area contributed by atoms with E-state index in [4.69, 9.17) is 0 Å². The smallest absolute Gasteiger partial charge is 0.406 e. The molecule has 6 nitrogen and oxygen atoms in total. The van der Waals surface area contributed by atoms with Gasteiger partial charge in [-0.15, -0.1) is 13.2 Å². The highest BCUT2D eigenvalue weighted by Crippen LogP contribution is 2.24. The van der Waals surface area contributed by atoms with Crippen molar-refractivity contribution in [1.82, 2.24) is 10.3 Å². The SMILES string of the molecule is CC(=O)Cc1cc(C(C)NC(=O)Nc2ccc(OC(F)(F)F)cc2)cc(C)n1. The molecule has 1 unspecified atom stereocenters. The number of Topliss-reactive ketones (excluding diaryl/α,β-unsaturated/α-hetero) is 1. The molecule has 2 rings (SSSR count). The zero-order valence-electron chi connectivity index (χ0n) is 15.6. The molecule has 28 heavy (non-hydrogen) atoms. The zero-order chi connectivity index (χ0) is 20.9. The first kappa shape index (κ1) is 21.2. The van der Waals surface area contributed by atoms with Crippen LogP contribution in [-0.2, 0) is 11.2 Å². The van der Waals surface area contributed by atoms with Crippen LogP contribution in [0, 0.1) is 6.92 Å². The predicted octanol–water partition coefficient (Wildman–Crippen LogP) is 4.30. The number of halogens is 3. The van der Waals surface area contributed by atoms with Crippen molar-refractivity contribution in [1.29, 1.82) is 0 Å². The van der Waals surface area contributed by atoms with Crippen molar-refractivity contribution in [3.63, 3.8) is 0 Å². The number of benzene rings is 1. The molecule has 150 valence electrons. The van der Waals surface area contributed by atoms with Crippen LogP contribution < -0.4 is 15.4 Å². The third kappa shape index (κ3) is 6.90. The first-order chi connectivity index (χ1) is 13.0. The number of ether oxygens (including phenoxy) is 1. The predicted molar refractivity (Wildman–Crippen MR) is 97.1 cm³/mol. The maximum absolute atomic E-state index is 12.2. The minimum absolute atomic E-state index is 0.0136. The van der Waals surface area contributed by atoms with Crippen LogP contribution in [0.4, 0.5) is 23.7 Å². The average molecular weight is 395 g/mol. The van der Waals surface area contributed by atoms with Crippen molar-refractivity contribution >= 4 is 17.5 Å². The summed E-state index contributed by atoms with van der Waals surface area (Å²) in [7, 11) is 0. The number of ketones is 1. The summed E-state index contributed by atoms with van der Waals surface area (Å²) in [5, 5.41) is 5.27. The fourth-order valence-electron chi connectivity index (χ4n) is 2.55. The number of hydrogen-bond donors (Lipinski definition) is 2. The number of aromatic nitrogens is 1. The summed E-state index contributed by atoms with van der Waals surface area (Å²) in [5.41, 5.74) is 2.44. The van der Waals surface area contributed by atoms with Crippen LogP contribution in [0.5, 0.6) is 5.75 Å². The Hall–Kier alpha value is -3.10. The molecule has 0 saturated heterocycles. The van der Waals surface area contributed by atoms with Gasteiger partial charge in [0.2, 0.25) is 0 Å². The lowest BCUT2D eigenvalue weighted by Crippen LogP contribution is -2.31. The van der Waals surface area contributed by atoms with Crippen molar-refractivity contribution in [2.24, 2.45) is 0 Å². The monoisotopic (exact) mass is 395 g/mol. The number of amides is 2. The Morgan fingerprint density at radius 3 is 2.39 bits per heavy atom. The maximum atomic E-state index is 12.2. The van der Waals surface area contributed by atoms with Crippen LogP contribution in [0.25, 0.3) is 0 Å². The summed E-state index contributed by atoms with van der Waals surface area (Å²) in [6.07, 6.45) is -4.56. The number of carbonyl (C=O) groups excluding carboxylic acids is 2. The lowest BCUT2D eigenvalue weighted by atomic mass is 10.1. The third-order valence-electron chi connectivity index (χ3n) is 3.65. The van der Waals surface area contributed by atoms with Crippen molar-refractivity contribution in [2.75, 3.05) is 5.32 Å². The fourth-order valence-corrected chi connectivity index (χ4v) is 2.55. The highest BCUT2D eigenvalue weighted by atomic mass is 19.4. The normalized spacial score (nSPS) is 12.2. The molecular formula is C19H20F3N3O3. The fraction of sp³-hybridized carbons (Fsp3) is 0.316. The molecule has 9 heteroatoms. The molecule has 0 aliphatic rings. The highest BCUT2D eigenvalue weighted by Gasteiger charge is 2.30. The number of anilines is 1. The Balaban J connectivity index is 1.99. The number of pyridine rings is 1. The van der Waals surface area contributed by atoms with E-state index < -0.39 is 12.4 Å². The van der Waals surface area contributed by atoms with Crippen molar-refractivity contribution in [3.8, 4) is 5.75 Å². The van der Waals surface area contributed by atoms with Crippen LogP contribution in [0.3, 0.4) is 0 Å². The molecule has 0 aliphatic heterocycles. The van der Waals surface area contributed by atoms with E-state index in [1.165, 1.54) is 19.1 Å². The van der Waals surface area contributed by atoms with E-state index in [2.05, 4.69) is 20.4 Å². The highest BCUT2D eigenvalue weighted by molar-refractivity contribution is 5.89. The van der Waals surface area contributed by atoms with Gasteiger partial charge >= 0.3 is 12.4 Å². The van der Waals surface area contributed by atoms with E-state index in [0.29, 0.717) is 11.4 Å². The first-order valence-corrected chi connectivity index (χ1v) is 8.42. The number of nitrogens with zero attached hydrogens (tertiary/aromatic N) is 1. The Labute approximate surface area is 160 Å². The summed E-state index contributed by atoms with van der Waals surface area (Å²) in [5.74, 6) is -0.391. The van der Waals surface area contributed by atoms with E-state index in [-0.39, 0.29) is 24.0 Å². The van der Waals surface area contributed by atoms with Gasteiger partial charge in [0.25, 0.3) is 0 Å². The van der Waals surface area contributed by atoms with Gasteiger partial charge in [-0.25, -0.2) is 4.79 Å². The summed E-state index contributed by atoms with van der Waals surface area (Å²) < 4.78 is 40.3. The summed E-state index contributed by atoms with van der Waals surface area (Å²) in [4.78, 5) is 27.7. The number of hydrogen-bond acceptors (Lipinski definition) is 4. The number of urea groups is 1. The second kappa shape index (κ2) is 8.73. The molecule has 0 aliphatic carbocycles. The van der Waals surface area contributed by atoms with Crippen molar-refractivity contribution < 1.29 is 27.5 Å². The Kier molecular flexibility index (Phi) is 6.61. The Morgan fingerprint density at radius 2 is 1.82 bits per heavy atom. The summed E-state index contributed by atoms with van der Waals surface area (Å²) >= 11 is 0. The van der Waals surface area contributed by atoms with E-state index >= 15 is 0 Å². The van der Waals surface area contributed by atoms with Crippen LogP contribution in [0.2, 0.25) is 0 Å². The molecule has 2 aromatic rings. The molecule has 1 atom stereocenters. The van der Waals surface area contributed by atoms with Crippen molar-refractivity contribution in [2.45, 2.75) is 39.6 Å². The molecule has 1 heterocycles. The van der Waals surface area contributed by atoms with Gasteiger partial charge in [-0.1, -0.05) is 0 Å². The molecule has 0 spiro atoms. The van der Waals surface area contributed by atoms with Gasteiger partial charge in [0.1, 0.15) is 11.5 Å². The van der Waals surface area contributed by atoms with Gasteiger partial charge in [0.15, 0.2) is 0 Å². The Bertz CT molecular complexity index is 852.